The van der Waals surface area contributed by atoms with Crippen molar-refractivity contribution < 1.29 is 14.1 Å². The van der Waals surface area contributed by atoms with Crippen LogP contribution in [0.25, 0.3) is 0 Å². The first-order valence-electron chi connectivity index (χ1n) is 7.13. The molecule has 0 saturated carbocycles. The van der Waals surface area contributed by atoms with E-state index in [4.69, 9.17) is 4.52 Å². The zero-order valence-electron chi connectivity index (χ0n) is 13.2. The third kappa shape index (κ3) is 4.45. The smallest absolute Gasteiger partial charge is 0.242 e. The summed E-state index contributed by atoms with van der Waals surface area (Å²) in [5.41, 5.74) is 1.53. The Morgan fingerprint density at radius 2 is 1.95 bits per heavy atom. The van der Waals surface area contributed by atoms with Gasteiger partial charge in [0.2, 0.25) is 11.8 Å². The van der Waals surface area contributed by atoms with E-state index in [0.29, 0.717) is 18.8 Å². The molecular weight excluding hydrogens is 308 g/mol. The molecule has 0 aromatic carbocycles. The molecule has 8 heteroatoms. The van der Waals surface area contributed by atoms with Gasteiger partial charge in [0.1, 0.15) is 5.76 Å². The predicted octanol–water partition coefficient (Wildman–Crippen LogP) is 0.146. The average molecular weight is 331 g/mol. The van der Waals surface area contributed by atoms with Crippen molar-refractivity contribution >= 4 is 24.2 Å². The molecule has 1 N–H and O–H groups in total. The molecule has 124 valence electrons. The molecule has 1 fully saturated rings. The summed E-state index contributed by atoms with van der Waals surface area (Å²) in [6, 6.07) is 0. The zero-order chi connectivity index (χ0) is 15.4. The maximum Gasteiger partial charge on any atom is 0.242 e. The second-order valence-corrected chi connectivity index (χ2v) is 5.36. The van der Waals surface area contributed by atoms with E-state index >= 15 is 0 Å². The molecule has 0 spiro atoms. The Morgan fingerprint density at radius 1 is 1.32 bits per heavy atom. The molecule has 7 nitrogen and oxygen atoms in total. The van der Waals surface area contributed by atoms with Gasteiger partial charge in [0.05, 0.1) is 18.7 Å². The number of piperazine rings is 1. The number of likely N-dealkylation sites (N-methyl/N-ethyl adjacent to an activating group) is 1. The molecule has 2 rings (SSSR count). The summed E-state index contributed by atoms with van der Waals surface area (Å²) in [6.07, 6.45) is 0.215. The van der Waals surface area contributed by atoms with Crippen molar-refractivity contribution in [2.75, 3.05) is 39.8 Å². The van der Waals surface area contributed by atoms with Crippen LogP contribution < -0.4 is 5.32 Å². The maximum absolute atomic E-state index is 12.2. The molecule has 2 amide bonds. The van der Waals surface area contributed by atoms with Gasteiger partial charge in [-0.05, 0) is 13.8 Å². The van der Waals surface area contributed by atoms with Gasteiger partial charge in [-0.2, -0.15) is 0 Å². The van der Waals surface area contributed by atoms with Gasteiger partial charge in [0.25, 0.3) is 0 Å². The number of rotatable bonds is 4. The van der Waals surface area contributed by atoms with Crippen LogP contribution in [0.5, 0.6) is 0 Å². The van der Waals surface area contributed by atoms with Gasteiger partial charge < -0.3 is 19.6 Å². The minimum Gasteiger partial charge on any atom is -0.361 e. The number of nitrogens with zero attached hydrogens (tertiary/aromatic N) is 3. The molecule has 1 aliphatic heterocycles. The van der Waals surface area contributed by atoms with Crippen molar-refractivity contribution in [1.29, 1.82) is 0 Å². The molecule has 0 bridgehead atoms. The number of amides is 2. The number of hydrogen-bond acceptors (Lipinski definition) is 5. The zero-order valence-corrected chi connectivity index (χ0v) is 14.0. The van der Waals surface area contributed by atoms with Crippen LogP contribution in [0, 0.1) is 13.8 Å². The lowest BCUT2D eigenvalue weighted by Crippen LogP contribution is -2.49. The highest BCUT2D eigenvalue weighted by atomic mass is 35.5. The second-order valence-electron chi connectivity index (χ2n) is 5.36. The van der Waals surface area contributed by atoms with Gasteiger partial charge in [-0.15, -0.1) is 12.4 Å². The molecule has 22 heavy (non-hydrogen) atoms. The molecule has 0 aliphatic carbocycles. The summed E-state index contributed by atoms with van der Waals surface area (Å²) in [5.74, 6) is 0.543. The van der Waals surface area contributed by atoms with Crippen LogP contribution >= 0.6 is 12.4 Å². The van der Waals surface area contributed by atoms with Crippen molar-refractivity contribution in [3.05, 3.63) is 17.0 Å². The van der Waals surface area contributed by atoms with Crippen LogP contribution in [-0.4, -0.2) is 66.5 Å². The fourth-order valence-electron chi connectivity index (χ4n) is 2.35. The Morgan fingerprint density at radius 3 is 2.50 bits per heavy atom. The van der Waals surface area contributed by atoms with Crippen LogP contribution in [0.4, 0.5) is 0 Å². The summed E-state index contributed by atoms with van der Waals surface area (Å²) in [7, 11) is 1.65. The Kier molecular flexibility index (Phi) is 6.83. The number of hydrogen-bond donors (Lipinski definition) is 1. The van der Waals surface area contributed by atoms with E-state index in [0.717, 1.165) is 24.3 Å². The Balaban J connectivity index is 0.00000242. The molecular formula is C14H23ClN4O3. The summed E-state index contributed by atoms with van der Waals surface area (Å²) in [5, 5.41) is 7.03. The largest absolute Gasteiger partial charge is 0.361 e. The SMILES string of the molecule is Cc1noc(C)c1CC(=O)N(C)CC(=O)N1CCNCC1.Cl. The highest BCUT2D eigenvalue weighted by Crippen LogP contribution is 2.13. The van der Waals surface area contributed by atoms with E-state index in [9.17, 15) is 9.59 Å². The Hall–Kier alpha value is -1.60. The highest BCUT2D eigenvalue weighted by molar-refractivity contribution is 5.86. The second kappa shape index (κ2) is 8.14. The normalized spacial score (nSPS) is 14.4. The van der Waals surface area contributed by atoms with Crippen molar-refractivity contribution in [2.45, 2.75) is 20.3 Å². The molecule has 1 aromatic rings. The molecule has 0 unspecified atom stereocenters. The Bertz CT molecular complexity index is 507. The van der Waals surface area contributed by atoms with Gasteiger partial charge in [0.15, 0.2) is 0 Å². The van der Waals surface area contributed by atoms with Gasteiger partial charge in [-0.25, -0.2) is 0 Å². The lowest BCUT2D eigenvalue weighted by molar-refractivity contribution is -0.139. The average Bonchev–Trinajstić information content (AvgIpc) is 2.79. The van der Waals surface area contributed by atoms with E-state index in [2.05, 4.69) is 10.5 Å². The monoisotopic (exact) mass is 330 g/mol. The number of carbonyl (C=O) groups excluding carboxylic acids is 2. The molecule has 1 saturated heterocycles. The lowest BCUT2D eigenvalue weighted by Gasteiger charge is -2.29. The number of carbonyl (C=O) groups is 2. The van der Waals surface area contributed by atoms with Gasteiger partial charge in [-0.1, -0.05) is 5.16 Å². The topological polar surface area (TPSA) is 78.7 Å². The molecule has 0 radical (unpaired) electrons. The summed E-state index contributed by atoms with van der Waals surface area (Å²) >= 11 is 0. The number of halogens is 1. The first kappa shape index (κ1) is 18.4. The standard InChI is InChI=1S/C14H22N4O3.ClH/c1-10-12(11(2)21-16-10)8-13(19)17(3)9-14(20)18-6-4-15-5-7-18;/h15H,4-9H2,1-3H3;1H. The fraction of sp³-hybridized carbons (Fsp3) is 0.643. The number of nitrogens with one attached hydrogen (secondary N) is 1. The highest BCUT2D eigenvalue weighted by Gasteiger charge is 2.21. The summed E-state index contributed by atoms with van der Waals surface area (Å²) in [6.45, 7) is 6.72. The molecule has 1 aliphatic rings. The van der Waals surface area contributed by atoms with Crippen LogP contribution in [0.15, 0.2) is 4.52 Å². The first-order chi connectivity index (χ1) is 9.99. The van der Waals surface area contributed by atoms with E-state index in [1.54, 1.807) is 18.9 Å². The quantitative estimate of drug-likeness (QED) is 0.850. The lowest BCUT2D eigenvalue weighted by atomic mass is 10.1. The van der Waals surface area contributed by atoms with Crippen LogP contribution in [-0.2, 0) is 16.0 Å². The van der Waals surface area contributed by atoms with Gasteiger partial charge >= 0.3 is 0 Å². The van der Waals surface area contributed by atoms with E-state index in [-0.39, 0.29) is 37.2 Å². The minimum atomic E-state index is -0.104. The van der Waals surface area contributed by atoms with Crippen molar-refractivity contribution in [2.24, 2.45) is 0 Å². The van der Waals surface area contributed by atoms with Crippen molar-refractivity contribution in [3.8, 4) is 0 Å². The third-order valence-corrected chi connectivity index (χ3v) is 3.78. The minimum absolute atomic E-state index is 0. The molecule has 0 atom stereocenters. The van der Waals surface area contributed by atoms with Crippen molar-refractivity contribution in [1.82, 2.24) is 20.3 Å². The van der Waals surface area contributed by atoms with E-state index < -0.39 is 0 Å². The van der Waals surface area contributed by atoms with Gasteiger partial charge in [0, 0.05) is 38.8 Å². The van der Waals surface area contributed by atoms with Crippen LogP contribution in [0.1, 0.15) is 17.0 Å². The van der Waals surface area contributed by atoms with Crippen molar-refractivity contribution in [3.63, 3.8) is 0 Å². The van der Waals surface area contributed by atoms with E-state index in [1.807, 2.05) is 6.92 Å². The van der Waals surface area contributed by atoms with Gasteiger partial charge in [-0.3, -0.25) is 9.59 Å². The summed E-state index contributed by atoms with van der Waals surface area (Å²) in [4.78, 5) is 27.6. The molecule has 1 aromatic heterocycles. The first-order valence-corrected chi connectivity index (χ1v) is 7.13. The number of aryl methyl sites for hydroxylation is 2. The van der Waals surface area contributed by atoms with Crippen LogP contribution in [0.3, 0.4) is 0 Å². The van der Waals surface area contributed by atoms with E-state index in [1.165, 1.54) is 4.90 Å². The number of aromatic nitrogens is 1. The third-order valence-electron chi connectivity index (χ3n) is 3.78. The Labute approximate surface area is 136 Å². The van der Waals surface area contributed by atoms with Crippen LogP contribution in [0.2, 0.25) is 0 Å². The predicted molar refractivity (Wildman–Crippen MR) is 84.0 cm³/mol. The maximum atomic E-state index is 12.2. The summed E-state index contributed by atoms with van der Waals surface area (Å²) < 4.78 is 5.05. The molecule has 2 heterocycles. The fourth-order valence-corrected chi connectivity index (χ4v) is 2.35.